The van der Waals surface area contributed by atoms with Crippen LogP contribution in [0.2, 0.25) is 0 Å². The summed E-state index contributed by atoms with van der Waals surface area (Å²) in [6, 6.07) is -0.626. The first-order valence-corrected chi connectivity index (χ1v) is 35.2. The van der Waals surface area contributed by atoms with Crippen molar-refractivity contribution in [3.05, 3.63) is 72.9 Å². The molecule has 0 rings (SSSR count). The van der Waals surface area contributed by atoms with Gasteiger partial charge in [0, 0.05) is 6.42 Å². The van der Waals surface area contributed by atoms with E-state index in [0.717, 1.165) is 57.8 Å². The van der Waals surface area contributed by atoms with Crippen molar-refractivity contribution in [1.82, 2.24) is 5.32 Å². The first kappa shape index (κ1) is 75.8. The third kappa shape index (κ3) is 64.6. The molecule has 0 spiro atoms. The maximum absolute atomic E-state index is 12.5. The maximum atomic E-state index is 12.5. The van der Waals surface area contributed by atoms with E-state index >= 15 is 0 Å². The van der Waals surface area contributed by atoms with Gasteiger partial charge in [-0.1, -0.05) is 376 Å². The van der Waals surface area contributed by atoms with E-state index in [0.29, 0.717) is 6.42 Å². The average Bonchev–Trinajstić information content (AvgIpc) is 3.44. The van der Waals surface area contributed by atoms with Crippen molar-refractivity contribution in [2.75, 3.05) is 6.61 Å². The Bertz CT molecular complexity index is 1330. The van der Waals surface area contributed by atoms with Crippen LogP contribution < -0.4 is 5.32 Å². The summed E-state index contributed by atoms with van der Waals surface area (Å²) in [7, 11) is 0. The Morgan fingerprint density at radius 1 is 0.321 bits per heavy atom. The zero-order valence-corrected chi connectivity index (χ0v) is 52.7. The highest BCUT2D eigenvalue weighted by Gasteiger charge is 2.18. The van der Waals surface area contributed by atoms with Crippen molar-refractivity contribution < 1.29 is 15.0 Å². The van der Waals surface area contributed by atoms with Gasteiger partial charge < -0.3 is 15.5 Å². The Hall–Kier alpha value is -2.17. The molecule has 456 valence electrons. The quantitative estimate of drug-likeness (QED) is 0.0420. The van der Waals surface area contributed by atoms with Gasteiger partial charge in [-0.2, -0.15) is 0 Å². The summed E-state index contributed by atoms with van der Waals surface area (Å²) in [4.78, 5) is 12.5. The molecule has 0 radical (unpaired) electrons. The van der Waals surface area contributed by atoms with E-state index in [-0.39, 0.29) is 12.5 Å². The molecular weight excluding hydrogens is 951 g/mol. The van der Waals surface area contributed by atoms with E-state index < -0.39 is 12.1 Å². The van der Waals surface area contributed by atoms with Crippen LogP contribution in [-0.2, 0) is 4.79 Å². The molecule has 4 heteroatoms. The Morgan fingerprint density at radius 2 is 0.564 bits per heavy atom. The topological polar surface area (TPSA) is 69.6 Å². The number of hydrogen-bond donors (Lipinski definition) is 3. The molecule has 0 heterocycles. The molecule has 0 aliphatic heterocycles. The summed E-state index contributed by atoms with van der Waals surface area (Å²) in [5.74, 6) is -0.0595. The summed E-state index contributed by atoms with van der Waals surface area (Å²) < 4.78 is 0. The summed E-state index contributed by atoms with van der Waals surface area (Å²) in [6.45, 7) is 4.23. The van der Waals surface area contributed by atoms with Gasteiger partial charge in [0.2, 0.25) is 5.91 Å². The number of rotatable bonds is 65. The summed E-state index contributed by atoms with van der Waals surface area (Å²) in [5, 5.41) is 23.3. The number of allylic oxidation sites excluding steroid dienone is 11. The van der Waals surface area contributed by atoms with Crippen molar-refractivity contribution >= 4 is 5.91 Å². The lowest BCUT2D eigenvalue weighted by atomic mass is 10.0. The molecule has 4 nitrogen and oxygen atoms in total. The van der Waals surface area contributed by atoms with Gasteiger partial charge in [0.05, 0.1) is 18.8 Å². The number of aliphatic hydroxyl groups is 2. The number of amides is 1. The van der Waals surface area contributed by atoms with Crippen LogP contribution in [0.3, 0.4) is 0 Å². The summed E-state index contributed by atoms with van der Waals surface area (Å²) in [6.07, 6.45) is 99.9. The van der Waals surface area contributed by atoms with Gasteiger partial charge in [-0.15, -0.1) is 0 Å². The molecule has 0 aliphatic rings. The average molecular weight is 1090 g/mol. The van der Waals surface area contributed by atoms with Crippen LogP contribution in [0.4, 0.5) is 0 Å². The van der Waals surface area contributed by atoms with E-state index in [9.17, 15) is 15.0 Å². The van der Waals surface area contributed by atoms with Gasteiger partial charge in [0.1, 0.15) is 0 Å². The Kier molecular flexibility index (Phi) is 67.2. The van der Waals surface area contributed by atoms with Crippen molar-refractivity contribution in [2.45, 2.75) is 386 Å². The SMILES string of the molecule is CC/C=C\C/C=C\C/C=C\C/C=C\C/C=C\CCCCCCCCCCCCCCCCCCCC(=O)NC(CO)C(O)/C=C/CCCCCCCCCCCCCCCCCCCCCCCCCCCCCCCCC. The molecule has 0 aliphatic carbocycles. The predicted molar refractivity (Wildman–Crippen MR) is 350 cm³/mol. The second-order valence-electron chi connectivity index (χ2n) is 23.9. The molecule has 0 aromatic rings. The van der Waals surface area contributed by atoms with Gasteiger partial charge in [-0.25, -0.2) is 0 Å². The van der Waals surface area contributed by atoms with E-state index in [1.165, 1.54) is 295 Å². The highest BCUT2D eigenvalue weighted by molar-refractivity contribution is 5.76. The van der Waals surface area contributed by atoms with Crippen LogP contribution in [0.15, 0.2) is 72.9 Å². The predicted octanol–water partition coefficient (Wildman–Crippen LogP) is 24.0. The van der Waals surface area contributed by atoms with Gasteiger partial charge in [-0.3, -0.25) is 4.79 Å². The highest BCUT2D eigenvalue weighted by atomic mass is 16.3. The lowest BCUT2D eigenvalue weighted by molar-refractivity contribution is -0.123. The molecule has 0 aromatic heterocycles. The van der Waals surface area contributed by atoms with E-state index in [2.05, 4.69) is 79.9 Å². The minimum absolute atomic E-state index is 0.0595. The zero-order chi connectivity index (χ0) is 56.2. The van der Waals surface area contributed by atoms with E-state index in [4.69, 9.17) is 0 Å². The number of hydrogen-bond acceptors (Lipinski definition) is 3. The van der Waals surface area contributed by atoms with Gasteiger partial charge in [0.15, 0.2) is 0 Å². The van der Waals surface area contributed by atoms with Gasteiger partial charge in [-0.05, 0) is 64.2 Å². The monoisotopic (exact) mass is 1090 g/mol. The fourth-order valence-corrected chi connectivity index (χ4v) is 10.9. The van der Waals surface area contributed by atoms with Crippen molar-refractivity contribution in [3.63, 3.8) is 0 Å². The third-order valence-corrected chi connectivity index (χ3v) is 16.2. The number of aliphatic hydroxyl groups excluding tert-OH is 2. The zero-order valence-electron chi connectivity index (χ0n) is 52.7. The molecule has 0 aromatic carbocycles. The van der Waals surface area contributed by atoms with Crippen molar-refractivity contribution in [1.29, 1.82) is 0 Å². The highest BCUT2D eigenvalue weighted by Crippen LogP contribution is 2.19. The van der Waals surface area contributed by atoms with Crippen LogP contribution in [0.1, 0.15) is 373 Å². The van der Waals surface area contributed by atoms with Crippen molar-refractivity contribution in [2.24, 2.45) is 0 Å². The first-order valence-electron chi connectivity index (χ1n) is 35.2. The smallest absolute Gasteiger partial charge is 0.220 e. The molecular formula is C74H137NO3. The molecule has 1 amide bonds. The Morgan fingerprint density at radius 3 is 0.846 bits per heavy atom. The lowest BCUT2D eigenvalue weighted by Gasteiger charge is -2.20. The van der Waals surface area contributed by atoms with Crippen LogP contribution in [0, 0.1) is 0 Å². The van der Waals surface area contributed by atoms with Crippen LogP contribution >= 0.6 is 0 Å². The summed E-state index contributed by atoms with van der Waals surface area (Å²) >= 11 is 0. The van der Waals surface area contributed by atoms with Crippen molar-refractivity contribution in [3.8, 4) is 0 Å². The maximum Gasteiger partial charge on any atom is 0.220 e. The Balaban J connectivity index is 3.44. The minimum Gasteiger partial charge on any atom is -0.394 e. The van der Waals surface area contributed by atoms with E-state index in [1.807, 2.05) is 6.08 Å². The molecule has 0 saturated carbocycles. The minimum atomic E-state index is -0.843. The number of unbranched alkanes of at least 4 members (excludes halogenated alkanes) is 48. The number of carbonyl (C=O) groups excluding carboxylic acids is 1. The molecule has 3 N–H and O–H groups in total. The number of carbonyl (C=O) groups is 1. The molecule has 0 fully saturated rings. The standard InChI is InChI=1S/C74H137NO3/c1-3-5-7-9-11-13-15-17-19-21-23-25-27-29-31-33-35-37-39-41-43-45-47-49-51-53-55-57-59-61-63-65-67-69-73(77)72(71-76)75-74(78)70-68-66-64-62-60-58-56-54-52-50-48-46-44-42-40-38-36-34-32-30-28-26-24-22-20-18-16-14-12-10-8-6-4-2/h6,8,12,14,18,20,24,26,30,32,67,69,72-73,76-77H,3-5,7,9-11,13,15-17,19,21-23,25,27-29,31,33-66,68,70-71H2,1-2H3,(H,75,78)/b8-6-,14-12-,20-18-,26-24-,32-30-,69-67+. The fraction of sp³-hybridized carbons (Fsp3) is 0.824. The Labute approximate surface area is 489 Å². The second-order valence-corrected chi connectivity index (χ2v) is 23.9. The number of nitrogens with one attached hydrogen (secondary N) is 1. The molecule has 0 bridgehead atoms. The second kappa shape index (κ2) is 69.1. The normalized spacial score (nSPS) is 13.1. The van der Waals surface area contributed by atoms with Gasteiger partial charge >= 0.3 is 0 Å². The lowest BCUT2D eigenvalue weighted by Crippen LogP contribution is -2.45. The van der Waals surface area contributed by atoms with Crippen LogP contribution in [-0.4, -0.2) is 34.9 Å². The molecule has 2 unspecified atom stereocenters. The van der Waals surface area contributed by atoms with Crippen LogP contribution in [0.5, 0.6) is 0 Å². The summed E-state index contributed by atoms with van der Waals surface area (Å²) in [5.41, 5.74) is 0. The van der Waals surface area contributed by atoms with Crippen LogP contribution in [0.25, 0.3) is 0 Å². The third-order valence-electron chi connectivity index (χ3n) is 16.2. The largest absolute Gasteiger partial charge is 0.394 e. The molecule has 2 atom stereocenters. The van der Waals surface area contributed by atoms with Gasteiger partial charge in [0.25, 0.3) is 0 Å². The fourth-order valence-electron chi connectivity index (χ4n) is 10.9. The molecule has 78 heavy (non-hydrogen) atoms. The first-order chi connectivity index (χ1) is 38.7. The van der Waals surface area contributed by atoms with E-state index in [1.54, 1.807) is 6.08 Å². The molecule has 0 saturated heterocycles.